The normalized spacial score (nSPS) is 11.7. The molecule has 195 valence electrons. The van der Waals surface area contributed by atoms with Crippen LogP contribution in [-0.2, 0) is 19.7 Å². The van der Waals surface area contributed by atoms with Gasteiger partial charge in [-0.15, -0.1) is 0 Å². The largest absolute Gasteiger partial charge is 0.532 e. The second-order valence-electron chi connectivity index (χ2n) is 10.6. The standard InChI is InChI=1S/C30H35O6Si/c1-29(2,3)27-24(36-37(21-14-10-8-11-15-21)22-16-12-9-13-17-22)19-18-23(34-20-25(31)33-7)26(27)28(32)35-30(4,5)6/h8-19H,20H2,1-7H3. The molecule has 0 bridgehead atoms. The Labute approximate surface area is 221 Å². The Morgan fingerprint density at radius 3 is 1.73 bits per heavy atom. The van der Waals surface area contributed by atoms with Crippen LogP contribution in [0.5, 0.6) is 11.5 Å². The van der Waals surface area contributed by atoms with Gasteiger partial charge in [-0.2, -0.15) is 0 Å². The van der Waals surface area contributed by atoms with Crippen molar-refractivity contribution in [1.29, 1.82) is 0 Å². The molecule has 0 fully saturated rings. The molecule has 3 rings (SSSR count). The summed E-state index contributed by atoms with van der Waals surface area (Å²) in [5.74, 6) is -0.284. The van der Waals surface area contributed by atoms with Crippen molar-refractivity contribution in [3.05, 3.63) is 83.9 Å². The smallest absolute Gasteiger partial charge is 0.352 e. The number of esters is 2. The van der Waals surface area contributed by atoms with E-state index in [1.165, 1.54) is 7.11 Å². The molecule has 0 amide bonds. The zero-order valence-electron chi connectivity index (χ0n) is 22.6. The molecule has 0 saturated carbocycles. The Morgan fingerprint density at radius 2 is 1.27 bits per heavy atom. The number of methoxy groups -OCH3 is 1. The van der Waals surface area contributed by atoms with Crippen LogP contribution in [0.1, 0.15) is 57.5 Å². The molecular weight excluding hydrogens is 484 g/mol. The summed E-state index contributed by atoms with van der Waals surface area (Å²) in [6, 6.07) is 23.6. The molecule has 3 aromatic rings. The molecule has 37 heavy (non-hydrogen) atoms. The van der Waals surface area contributed by atoms with E-state index < -0.39 is 32.0 Å². The van der Waals surface area contributed by atoms with Gasteiger partial charge < -0.3 is 18.6 Å². The first-order valence-electron chi connectivity index (χ1n) is 12.2. The number of hydrogen-bond donors (Lipinski definition) is 0. The molecule has 1 radical (unpaired) electrons. The Morgan fingerprint density at radius 1 is 0.757 bits per heavy atom. The van der Waals surface area contributed by atoms with Gasteiger partial charge in [0.25, 0.3) is 0 Å². The van der Waals surface area contributed by atoms with Crippen LogP contribution in [0.3, 0.4) is 0 Å². The van der Waals surface area contributed by atoms with Crippen LogP contribution in [0.4, 0.5) is 0 Å². The van der Waals surface area contributed by atoms with E-state index in [1.54, 1.807) is 12.1 Å². The van der Waals surface area contributed by atoms with Gasteiger partial charge in [0.05, 0.1) is 7.11 Å². The summed E-state index contributed by atoms with van der Waals surface area (Å²) in [6.07, 6.45) is 0. The number of ether oxygens (including phenoxy) is 3. The van der Waals surface area contributed by atoms with Gasteiger partial charge >= 0.3 is 21.0 Å². The molecular formula is C30H35O6Si. The van der Waals surface area contributed by atoms with Gasteiger partial charge in [0.2, 0.25) is 0 Å². The van der Waals surface area contributed by atoms with Gasteiger partial charge in [-0.25, -0.2) is 9.59 Å². The van der Waals surface area contributed by atoms with Crippen molar-refractivity contribution in [2.24, 2.45) is 0 Å². The van der Waals surface area contributed by atoms with Crippen molar-refractivity contribution in [1.82, 2.24) is 0 Å². The van der Waals surface area contributed by atoms with Crippen molar-refractivity contribution in [3.8, 4) is 11.5 Å². The van der Waals surface area contributed by atoms with Gasteiger partial charge in [-0.05, 0) is 48.7 Å². The van der Waals surface area contributed by atoms with E-state index in [9.17, 15) is 9.59 Å². The number of carbonyl (C=O) groups excluding carboxylic acids is 2. The molecule has 7 heteroatoms. The summed E-state index contributed by atoms with van der Waals surface area (Å²) in [7, 11) is -0.433. The van der Waals surface area contributed by atoms with Gasteiger partial charge in [-0.1, -0.05) is 81.4 Å². The highest BCUT2D eigenvalue weighted by Gasteiger charge is 2.34. The van der Waals surface area contributed by atoms with E-state index in [2.05, 4.69) is 24.3 Å². The quantitative estimate of drug-likeness (QED) is 0.318. The predicted octanol–water partition coefficient (Wildman–Crippen LogP) is 4.68. The third-order valence-corrected chi connectivity index (χ3v) is 7.48. The third kappa shape index (κ3) is 7.46. The minimum Gasteiger partial charge on any atom is -0.532 e. The fourth-order valence-electron chi connectivity index (χ4n) is 3.82. The molecule has 0 saturated heterocycles. The average Bonchev–Trinajstić information content (AvgIpc) is 2.85. The predicted molar refractivity (Wildman–Crippen MR) is 146 cm³/mol. The van der Waals surface area contributed by atoms with Gasteiger partial charge in [-0.3, -0.25) is 0 Å². The van der Waals surface area contributed by atoms with Gasteiger partial charge in [0.15, 0.2) is 6.61 Å². The molecule has 0 spiro atoms. The minimum absolute atomic E-state index is 0.241. The molecule has 6 nitrogen and oxygen atoms in total. The number of benzene rings is 3. The van der Waals surface area contributed by atoms with Crippen molar-refractivity contribution >= 4 is 31.4 Å². The van der Waals surface area contributed by atoms with Crippen LogP contribution in [0, 0.1) is 0 Å². The van der Waals surface area contributed by atoms with E-state index in [0.29, 0.717) is 11.3 Å². The molecule has 3 aromatic carbocycles. The third-order valence-electron chi connectivity index (χ3n) is 5.34. The first-order valence-corrected chi connectivity index (χ1v) is 13.6. The molecule has 0 aliphatic heterocycles. The number of carbonyl (C=O) groups is 2. The summed E-state index contributed by atoms with van der Waals surface area (Å²) in [6.45, 7) is 11.1. The lowest BCUT2D eigenvalue weighted by atomic mass is 9.82. The van der Waals surface area contributed by atoms with E-state index in [0.717, 1.165) is 10.4 Å². The Balaban J connectivity index is 2.20. The first kappa shape index (κ1) is 28.0. The Hall–Kier alpha value is -3.58. The second kappa shape index (κ2) is 11.6. The Kier molecular flexibility index (Phi) is 8.81. The van der Waals surface area contributed by atoms with Crippen molar-refractivity contribution < 1.29 is 28.2 Å². The van der Waals surface area contributed by atoms with Crippen LogP contribution < -0.4 is 19.5 Å². The summed E-state index contributed by atoms with van der Waals surface area (Å²) in [5, 5.41) is 2.15. The maximum absolute atomic E-state index is 13.6. The molecule has 0 heterocycles. The average molecular weight is 520 g/mol. The van der Waals surface area contributed by atoms with Gasteiger partial charge in [0.1, 0.15) is 22.7 Å². The SMILES string of the molecule is COC(=O)COc1ccc(O[Si](c2ccccc2)c2ccccc2)c(C(C)(C)C)c1C(=O)OC(C)(C)C. The van der Waals surface area contributed by atoms with Gasteiger partial charge in [0, 0.05) is 5.56 Å². The maximum Gasteiger partial charge on any atom is 0.352 e. The fourth-order valence-corrected chi connectivity index (χ4v) is 5.76. The lowest BCUT2D eigenvalue weighted by Crippen LogP contribution is -2.47. The van der Waals surface area contributed by atoms with E-state index in [4.69, 9.17) is 18.6 Å². The van der Waals surface area contributed by atoms with E-state index in [-0.39, 0.29) is 17.9 Å². The monoisotopic (exact) mass is 519 g/mol. The topological polar surface area (TPSA) is 71.1 Å². The lowest BCUT2D eigenvalue weighted by Gasteiger charge is -2.30. The first-order chi connectivity index (χ1) is 17.4. The summed E-state index contributed by atoms with van der Waals surface area (Å²) in [4.78, 5) is 25.4. The summed E-state index contributed by atoms with van der Waals surface area (Å²) < 4.78 is 23.1. The van der Waals surface area contributed by atoms with E-state index >= 15 is 0 Å². The molecule has 0 atom stereocenters. The van der Waals surface area contributed by atoms with E-state index in [1.807, 2.05) is 77.9 Å². The van der Waals surface area contributed by atoms with Crippen molar-refractivity contribution in [3.63, 3.8) is 0 Å². The zero-order chi connectivity index (χ0) is 27.2. The molecule has 0 unspecified atom stereocenters. The number of rotatable bonds is 8. The second-order valence-corrected chi connectivity index (χ2v) is 12.6. The fraction of sp³-hybridized carbons (Fsp3) is 0.333. The summed E-state index contributed by atoms with van der Waals surface area (Å²) in [5.41, 5.74) is -0.358. The van der Waals surface area contributed by atoms with Crippen molar-refractivity contribution in [2.45, 2.75) is 52.6 Å². The molecule has 0 aromatic heterocycles. The van der Waals surface area contributed by atoms with Crippen molar-refractivity contribution in [2.75, 3.05) is 13.7 Å². The van der Waals surface area contributed by atoms with Crippen LogP contribution >= 0.6 is 0 Å². The molecule has 0 aliphatic rings. The maximum atomic E-state index is 13.6. The molecule has 0 aliphatic carbocycles. The molecule has 0 N–H and O–H groups in total. The highest BCUT2D eigenvalue weighted by Crippen LogP contribution is 2.40. The zero-order valence-corrected chi connectivity index (χ0v) is 23.6. The van der Waals surface area contributed by atoms with Crippen LogP contribution in [-0.4, -0.2) is 40.3 Å². The highest BCUT2D eigenvalue weighted by atomic mass is 28.3. The Bertz CT molecular complexity index is 1170. The number of hydrogen-bond acceptors (Lipinski definition) is 6. The van der Waals surface area contributed by atoms with Crippen LogP contribution in [0.15, 0.2) is 72.8 Å². The lowest BCUT2D eigenvalue weighted by molar-refractivity contribution is -0.142. The van der Waals surface area contributed by atoms with Crippen LogP contribution in [0.2, 0.25) is 0 Å². The van der Waals surface area contributed by atoms with Crippen LogP contribution in [0.25, 0.3) is 0 Å². The minimum atomic E-state index is -1.72. The highest BCUT2D eigenvalue weighted by molar-refractivity contribution is 6.80. The summed E-state index contributed by atoms with van der Waals surface area (Å²) >= 11 is 0.